The average molecular weight is 292 g/mol. The topological polar surface area (TPSA) is 55.6 Å². The van der Waals surface area contributed by atoms with Gasteiger partial charge in [0.2, 0.25) is 0 Å². The zero-order chi connectivity index (χ0) is 15.0. The fraction of sp³-hybridized carbons (Fsp3) is 0.500. The van der Waals surface area contributed by atoms with Gasteiger partial charge in [0.25, 0.3) is 5.56 Å². The molecule has 2 aromatic heterocycles. The Morgan fingerprint density at radius 3 is 2.60 bits per heavy atom. The second kappa shape index (κ2) is 5.36. The summed E-state index contributed by atoms with van der Waals surface area (Å²) >= 11 is 5.20. The Morgan fingerprint density at radius 1 is 1.40 bits per heavy atom. The summed E-state index contributed by atoms with van der Waals surface area (Å²) in [6, 6.07) is 2.13. The van der Waals surface area contributed by atoms with Crippen LogP contribution < -0.4 is 5.56 Å². The molecule has 0 amide bonds. The monoisotopic (exact) mass is 292 g/mol. The lowest BCUT2D eigenvalue weighted by Crippen LogP contribution is -2.27. The SMILES string of the molecule is CCn1c(-c2c(C)cc(C)n(C(C)C)c2=O)n[nH]c1=S. The molecule has 0 atom stereocenters. The van der Waals surface area contributed by atoms with Crippen LogP contribution in [0.15, 0.2) is 10.9 Å². The Balaban J connectivity index is 2.84. The number of hydrogen-bond acceptors (Lipinski definition) is 3. The van der Waals surface area contributed by atoms with Gasteiger partial charge in [-0.3, -0.25) is 9.89 Å². The highest BCUT2D eigenvalue weighted by molar-refractivity contribution is 7.71. The van der Waals surface area contributed by atoms with Crippen molar-refractivity contribution in [2.45, 2.75) is 47.2 Å². The second-order valence-electron chi connectivity index (χ2n) is 5.21. The normalized spacial score (nSPS) is 11.3. The smallest absolute Gasteiger partial charge is 0.262 e. The lowest BCUT2D eigenvalue weighted by molar-refractivity contribution is 0.562. The van der Waals surface area contributed by atoms with Crippen molar-refractivity contribution in [1.82, 2.24) is 19.3 Å². The van der Waals surface area contributed by atoms with Crippen LogP contribution in [0.1, 0.15) is 38.1 Å². The molecule has 0 aliphatic rings. The molecule has 1 N–H and O–H groups in total. The number of aromatic nitrogens is 4. The summed E-state index contributed by atoms with van der Waals surface area (Å²) < 4.78 is 4.18. The van der Waals surface area contributed by atoms with Gasteiger partial charge >= 0.3 is 0 Å². The van der Waals surface area contributed by atoms with E-state index in [1.165, 1.54) is 0 Å². The van der Waals surface area contributed by atoms with Crippen molar-refractivity contribution in [2.75, 3.05) is 0 Å². The van der Waals surface area contributed by atoms with Crippen LogP contribution in [0.25, 0.3) is 11.4 Å². The van der Waals surface area contributed by atoms with Crippen molar-refractivity contribution in [3.8, 4) is 11.4 Å². The minimum absolute atomic E-state index is 0.0128. The summed E-state index contributed by atoms with van der Waals surface area (Å²) in [6.07, 6.45) is 0. The highest BCUT2D eigenvalue weighted by Gasteiger charge is 2.18. The van der Waals surface area contributed by atoms with Gasteiger partial charge in [0.05, 0.1) is 5.56 Å². The van der Waals surface area contributed by atoms with Crippen molar-refractivity contribution in [3.63, 3.8) is 0 Å². The highest BCUT2D eigenvalue weighted by Crippen LogP contribution is 2.20. The van der Waals surface area contributed by atoms with Crippen molar-refractivity contribution in [2.24, 2.45) is 0 Å². The lowest BCUT2D eigenvalue weighted by atomic mass is 10.1. The van der Waals surface area contributed by atoms with Crippen LogP contribution in [0, 0.1) is 18.6 Å². The number of nitrogens with one attached hydrogen (secondary N) is 1. The molecule has 0 aromatic carbocycles. The summed E-state index contributed by atoms with van der Waals surface area (Å²) in [6.45, 7) is 10.6. The van der Waals surface area contributed by atoms with E-state index in [9.17, 15) is 4.79 Å². The van der Waals surface area contributed by atoms with Gasteiger partial charge in [-0.25, -0.2) is 0 Å². The quantitative estimate of drug-likeness (QED) is 0.885. The molecule has 0 bridgehead atoms. The molecule has 20 heavy (non-hydrogen) atoms. The van der Waals surface area contributed by atoms with E-state index in [1.54, 1.807) is 4.57 Å². The number of nitrogens with zero attached hydrogens (tertiary/aromatic N) is 3. The molecule has 0 radical (unpaired) electrons. The maximum Gasteiger partial charge on any atom is 0.262 e. The maximum atomic E-state index is 12.8. The van der Waals surface area contributed by atoms with Crippen molar-refractivity contribution in [3.05, 3.63) is 32.4 Å². The first-order valence-electron chi connectivity index (χ1n) is 6.76. The number of H-pyrrole nitrogens is 1. The van der Waals surface area contributed by atoms with Gasteiger partial charge in [-0.1, -0.05) is 0 Å². The largest absolute Gasteiger partial charge is 0.310 e. The standard InChI is InChI=1S/C14H20N4OS/c1-6-17-12(15-16-14(17)20)11-9(4)7-10(5)18(8(2)3)13(11)19/h7-8H,6H2,1-5H3,(H,16,20). The number of aryl methyl sites for hydroxylation is 2. The van der Waals surface area contributed by atoms with Gasteiger partial charge in [0.1, 0.15) is 0 Å². The molecule has 5 nitrogen and oxygen atoms in total. The highest BCUT2D eigenvalue weighted by atomic mass is 32.1. The van der Waals surface area contributed by atoms with Gasteiger partial charge in [-0.05, 0) is 58.5 Å². The summed E-state index contributed by atoms with van der Waals surface area (Å²) in [5.74, 6) is 0.620. The van der Waals surface area contributed by atoms with Crippen LogP contribution in [0.3, 0.4) is 0 Å². The van der Waals surface area contributed by atoms with E-state index in [-0.39, 0.29) is 11.6 Å². The second-order valence-corrected chi connectivity index (χ2v) is 5.60. The van der Waals surface area contributed by atoms with E-state index < -0.39 is 0 Å². The molecule has 2 aromatic rings. The third kappa shape index (κ3) is 2.24. The van der Waals surface area contributed by atoms with Gasteiger partial charge in [0, 0.05) is 18.3 Å². The van der Waals surface area contributed by atoms with Crippen molar-refractivity contribution >= 4 is 12.2 Å². The Morgan fingerprint density at radius 2 is 2.05 bits per heavy atom. The molecule has 0 aliphatic carbocycles. The predicted molar refractivity (Wildman–Crippen MR) is 82.6 cm³/mol. The zero-order valence-corrected chi connectivity index (χ0v) is 13.3. The number of hydrogen-bond donors (Lipinski definition) is 1. The molecular formula is C14H20N4OS. The van der Waals surface area contributed by atoms with E-state index >= 15 is 0 Å². The molecule has 0 fully saturated rings. The Bertz CT molecular complexity index is 752. The minimum atomic E-state index is -0.0128. The van der Waals surface area contributed by atoms with E-state index in [0.29, 0.717) is 22.7 Å². The molecule has 0 unspecified atom stereocenters. The van der Waals surface area contributed by atoms with E-state index in [1.807, 2.05) is 45.3 Å². The Hall–Kier alpha value is -1.69. The molecule has 0 spiro atoms. The molecule has 0 saturated heterocycles. The van der Waals surface area contributed by atoms with E-state index in [2.05, 4.69) is 10.2 Å². The number of pyridine rings is 1. The molecule has 0 aliphatic heterocycles. The molecule has 2 rings (SSSR count). The maximum absolute atomic E-state index is 12.8. The molecule has 2 heterocycles. The van der Waals surface area contributed by atoms with Crippen molar-refractivity contribution in [1.29, 1.82) is 0 Å². The predicted octanol–water partition coefficient (Wildman–Crippen LogP) is 2.99. The summed E-state index contributed by atoms with van der Waals surface area (Å²) in [7, 11) is 0. The van der Waals surface area contributed by atoms with Gasteiger partial charge in [0.15, 0.2) is 10.6 Å². The summed E-state index contributed by atoms with van der Waals surface area (Å²) in [4.78, 5) is 12.8. The average Bonchev–Trinajstić information content (AvgIpc) is 2.69. The first-order valence-corrected chi connectivity index (χ1v) is 7.17. The first-order chi connectivity index (χ1) is 9.38. The Kier molecular flexibility index (Phi) is 3.94. The van der Waals surface area contributed by atoms with Crippen LogP contribution in [0.5, 0.6) is 0 Å². The summed E-state index contributed by atoms with van der Waals surface area (Å²) in [5, 5.41) is 7.01. The molecular weight excluding hydrogens is 272 g/mol. The Labute approximate surface area is 123 Å². The fourth-order valence-corrected chi connectivity index (χ4v) is 2.88. The van der Waals surface area contributed by atoms with Gasteiger partial charge in [-0.15, -0.1) is 0 Å². The van der Waals surface area contributed by atoms with E-state index in [4.69, 9.17) is 12.2 Å². The number of aromatic amines is 1. The van der Waals surface area contributed by atoms with Crippen LogP contribution >= 0.6 is 12.2 Å². The third-order valence-electron chi connectivity index (χ3n) is 3.45. The van der Waals surface area contributed by atoms with Crippen molar-refractivity contribution < 1.29 is 0 Å². The lowest BCUT2D eigenvalue weighted by Gasteiger charge is -2.17. The summed E-state index contributed by atoms with van der Waals surface area (Å²) in [5.41, 5.74) is 2.50. The molecule has 0 saturated carbocycles. The third-order valence-corrected chi connectivity index (χ3v) is 3.76. The van der Waals surface area contributed by atoms with Crippen LogP contribution in [0.2, 0.25) is 0 Å². The van der Waals surface area contributed by atoms with Crippen LogP contribution in [-0.2, 0) is 6.54 Å². The van der Waals surface area contributed by atoms with E-state index in [0.717, 1.165) is 11.3 Å². The minimum Gasteiger partial charge on any atom is -0.310 e. The number of rotatable bonds is 3. The molecule has 6 heteroatoms. The van der Waals surface area contributed by atoms with Gasteiger partial charge < -0.3 is 9.13 Å². The fourth-order valence-electron chi connectivity index (χ4n) is 2.62. The van der Waals surface area contributed by atoms with Gasteiger partial charge in [-0.2, -0.15) is 5.10 Å². The van der Waals surface area contributed by atoms with Crippen LogP contribution in [0.4, 0.5) is 0 Å². The van der Waals surface area contributed by atoms with Crippen LogP contribution in [-0.4, -0.2) is 19.3 Å². The molecule has 108 valence electrons. The first kappa shape index (κ1) is 14.7. The zero-order valence-electron chi connectivity index (χ0n) is 12.5.